The molecule has 0 amide bonds. The molecule has 0 unspecified atom stereocenters. The Labute approximate surface area is 327 Å². The molecule has 11 heteroatoms. The molecule has 0 saturated carbocycles. The van der Waals surface area contributed by atoms with E-state index in [-0.39, 0.29) is 29.5 Å². The summed E-state index contributed by atoms with van der Waals surface area (Å²) in [4.78, 5) is 35.7. The normalized spacial score (nSPS) is 28.6. The number of aromatic nitrogens is 2. The van der Waals surface area contributed by atoms with E-state index in [1.165, 1.54) is 22.7 Å². The standard InChI is InChI=1S/C43H54N2O7S2/c1-8-18-34(46)42(4,5)36-23-14-12-10-11-13-20-29(3)26-39-45-31(28-54-39)41(49)52-37(43(6,7)35(47)19-9-2)24-17-22-33-32(50-33)21-15-16-25-38-44-30(27-53-38)40(48)51-36/h8-22,25,27-29,32-37,46-47H,23-24,26H2,1-7H3/b11-10-,14-12-,18-8+,19-9+,20-13+,21-15+,22-17-,25-16-/t29-,32-,33+,34-,35-,36-,37-/m0/s1. The van der Waals surface area contributed by atoms with Crippen molar-refractivity contribution >= 4 is 40.7 Å². The lowest BCUT2D eigenvalue weighted by Gasteiger charge is -2.36. The second kappa shape index (κ2) is 20.1. The second-order valence-corrected chi connectivity index (χ2v) is 16.5. The molecule has 7 atom stereocenters. The maximum absolute atomic E-state index is 13.4. The molecule has 1 fully saturated rings. The molecule has 4 heterocycles. The minimum absolute atomic E-state index is 0.107. The number of aliphatic hydroxyl groups is 2. The van der Waals surface area contributed by atoms with E-state index >= 15 is 0 Å². The van der Waals surface area contributed by atoms with E-state index in [9.17, 15) is 19.8 Å². The van der Waals surface area contributed by atoms with Gasteiger partial charge in [-0.1, -0.05) is 126 Å². The van der Waals surface area contributed by atoms with Crippen LogP contribution in [0.5, 0.6) is 0 Å². The molecule has 4 bridgehead atoms. The van der Waals surface area contributed by atoms with E-state index in [1.54, 1.807) is 35.1 Å². The number of thiazole rings is 2. The smallest absolute Gasteiger partial charge is 0.358 e. The summed E-state index contributed by atoms with van der Waals surface area (Å²) < 4.78 is 17.8. The fourth-order valence-corrected chi connectivity index (χ4v) is 7.28. The zero-order valence-electron chi connectivity index (χ0n) is 32.2. The summed E-state index contributed by atoms with van der Waals surface area (Å²) in [5, 5.41) is 26.7. The van der Waals surface area contributed by atoms with Gasteiger partial charge in [-0.05, 0) is 25.8 Å². The summed E-state index contributed by atoms with van der Waals surface area (Å²) >= 11 is 2.75. The number of nitrogens with zero attached hydrogens (tertiary/aromatic N) is 2. The maximum atomic E-state index is 13.4. The predicted octanol–water partition coefficient (Wildman–Crippen LogP) is 8.81. The molecule has 0 radical (unpaired) electrons. The van der Waals surface area contributed by atoms with Gasteiger partial charge in [-0.3, -0.25) is 0 Å². The molecule has 0 spiro atoms. The van der Waals surface area contributed by atoms with E-state index in [0.29, 0.717) is 24.3 Å². The number of carbonyl (C=O) groups excluding carboxylic acids is 2. The zero-order valence-corrected chi connectivity index (χ0v) is 33.8. The Morgan fingerprint density at radius 3 is 1.94 bits per heavy atom. The van der Waals surface area contributed by atoms with Crippen LogP contribution in [0.2, 0.25) is 0 Å². The minimum Gasteiger partial charge on any atom is -0.457 e. The Hall–Kier alpha value is -4.00. The third-order valence-corrected chi connectivity index (χ3v) is 11.2. The fraction of sp³-hybridized carbons (Fsp3) is 0.442. The number of hydrogen-bond donors (Lipinski definition) is 2. The molecular formula is C43H54N2O7S2. The molecule has 2 N–H and O–H groups in total. The second-order valence-electron chi connectivity index (χ2n) is 14.7. The Morgan fingerprint density at radius 1 is 0.741 bits per heavy atom. The molecular weight excluding hydrogens is 721 g/mol. The van der Waals surface area contributed by atoms with Crippen molar-refractivity contribution in [2.75, 3.05) is 0 Å². The molecule has 54 heavy (non-hydrogen) atoms. The van der Waals surface area contributed by atoms with Crippen molar-refractivity contribution in [3.8, 4) is 0 Å². The number of hydrogen-bond acceptors (Lipinski definition) is 11. The first-order chi connectivity index (χ1) is 25.8. The van der Waals surface area contributed by atoms with Crippen LogP contribution in [0.15, 0.2) is 102 Å². The van der Waals surface area contributed by atoms with Crippen molar-refractivity contribution in [3.63, 3.8) is 0 Å². The van der Waals surface area contributed by atoms with Crippen LogP contribution in [0.4, 0.5) is 0 Å². The first-order valence-corrected chi connectivity index (χ1v) is 20.1. The van der Waals surface area contributed by atoms with Crippen molar-refractivity contribution in [3.05, 3.63) is 123 Å². The molecule has 1 saturated heterocycles. The topological polar surface area (TPSA) is 131 Å². The lowest BCUT2D eigenvalue weighted by atomic mass is 9.79. The van der Waals surface area contributed by atoms with Crippen LogP contribution in [-0.2, 0) is 20.6 Å². The number of rotatable bonds is 6. The number of carbonyl (C=O) groups is 2. The van der Waals surface area contributed by atoms with Gasteiger partial charge in [0, 0.05) is 40.9 Å². The van der Waals surface area contributed by atoms with Gasteiger partial charge in [-0.2, -0.15) is 0 Å². The van der Waals surface area contributed by atoms with E-state index < -0.39 is 47.2 Å². The predicted molar refractivity (Wildman–Crippen MR) is 217 cm³/mol. The van der Waals surface area contributed by atoms with Crippen molar-refractivity contribution in [2.45, 2.75) is 104 Å². The van der Waals surface area contributed by atoms with Crippen LogP contribution < -0.4 is 0 Å². The number of ether oxygens (including phenoxy) is 3. The molecule has 4 rings (SSSR count). The van der Waals surface area contributed by atoms with Gasteiger partial charge in [0.1, 0.15) is 29.4 Å². The van der Waals surface area contributed by atoms with Gasteiger partial charge in [0.2, 0.25) is 0 Å². The van der Waals surface area contributed by atoms with Crippen LogP contribution >= 0.6 is 22.7 Å². The van der Waals surface area contributed by atoms with Crippen molar-refractivity contribution in [1.82, 2.24) is 9.97 Å². The van der Waals surface area contributed by atoms with Gasteiger partial charge in [0.15, 0.2) is 11.4 Å². The summed E-state index contributed by atoms with van der Waals surface area (Å²) in [6.45, 7) is 13.3. The lowest BCUT2D eigenvalue weighted by molar-refractivity contribution is -0.0461. The Morgan fingerprint density at radius 2 is 1.30 bits per heavy atom. The Balaban J connectivity index is 1.56. The quantitative estimate of drug-likeness (QED) is 0.168. The highest BCUT2D eigenvalue weighted by Crippen LogP contribution is 2.34. The molecule has 2 aromatic rings. The van der Waals surface area contributed by atoms with Gasteiger partial charge >= 0.3 is 11.9 Å². The SMILES string of the molecule is C/C=C/[C@H](O)C(C)(C)[C@@H]1C\C=C/C=C\C=C\[C@H](C)Cc2nc(cs2)C(=O)O[C@H](C(C)(C)[C@@H](O)/C=C/C)C/C=C\[C@H]2O[C@H]2/C=C/C=C\c2nc(cs2)C(=O)O1. The average Bonchev–Trinajstić information content (AvgIpc) is 3.45. The number of epoxide rings is 1. The fourth-order valence-electron chi connectivity index (χ4n) is 5.68. The molecule has 2 aromatic heterocycles. The summed E-state index contributed by atoms with van der Waals surface area (Å²) in [5.74, 6) is -0.907. The highest BCUT2D eigenvalue weighted by molar-refractivity contribution is 7.10. The summed E-state index contributed by atoms with van der Waals surface area (Å²) in [6.07, 6.45) is 28.3. The molecule has 2 aliphatic rings. The van der Waals surface area contributed by atoms with Gasteiger partial charge in [0.05, 0.1) is 17.2 Å². The monoisotopic (exact) mass is 774 g/mol. The van der Waals surface area contributed by atoms with Crippen LogP contribution in [0, 0.1) is 16.7 Å². The first-order valence-electron chi connectivity index (χ1n) is 18.4. The average molecular weight is 775 g/mol. The highest BCUT2D eigenvalue weighted by atomic mass is 32.1. The number of cyclic esters (lactones) is 2. The first kappa shape index (κ1) is 42.7. The van der Waals surface area contributed by atoms with Gasteiger partial charge < -0.3 is 24.4 Å². The lowest BCUT2D eigenvalue weighted by Crippen LogP contribution is -2.42. The van der Waals surface area contributed by atoms with E-state index in [0.717, 1.165) is 5.01 Å². The van der Waals surface area contributed by atoms with E-state index in [4.69, 9.17) is 14.2 Å². The Kier molecular flexibility index (Phi) is 15.9. The summed E-state index contributed by atoms with van der Waals surface area (Å²) in [5.41, 5.74) is -1.09. The zero-order chi connectivity index (χ0) is 39.3. The summed E-state index contributed by atoms with van der Waals surface area (Å²) in [7, 11) is 0. The van der Waals surface area contributed by atoms with E-state index in [1.807, 2.05) is 108 Å². The minimum atomic E-state index is -0.829. The summed E-state index contributed by atoms with van der Waals surface area (Å²) in [6, 6.07) is 0. The van der Waals surface area contributed by atoms with Gasteiger partial charge in [-0.25, -0.2) is 19.6 Å². The Bertz CT molecular complexity index is 1790. The molecule has 9 nitrogen and oxygen atoms in total. The van der Waals surface area contributed by atoms with Gasteiger partial charge in [0.25, 0.3) is 0 Å². The third-order valence-electron chi connectivity index (χ3n) is 9.57. The number of aliphatic hydroxyl groups excluding tert-OH is 2. The van der Waals surface area contributed by atoms with Crippen LogP contribution in [0.25, 0.3) is 6.08 Å². The molecule has 2 aliphatic heterocycles. The molecule has 0 aliphatic carbocycles. The van der Waals surface area contributed by atoms with E-state index in [2.05, 4.69) is 23.0 Å². The van der Waals surface area contributed by atoms with Crippen molar-refractivity contribution < 1.29 is 34.0 Å². The maximum Gasteiger partial charge on any atom is 0.358 e. The van der Waals surface area contributed by atoms with Crippen LogP contribution in [0.3, 0.4) is 0 Å². The number of esters is 2. The molecule has 0 aromatic carbocycles. The largest absolute Gasteiger partial charge is 0.457 e. The van der Waals surface area contributed by atoms with Crippen LogP contribution in [0.1, 0.15) is 92.3 Å². The van der Waals surface area contributed by atoms with Crippen molar-refractivity contribution in [2.24, 2.45) is 16.7 Å². The van der Waals surface area contributed by atoms with Crippen molar-refractivity contribution in [1.29, 1.82) is 0 Å². The van der Waals surface area contributed by atoms with Gasteiger partial charge in [-0.15, -0.1) is 22.7 Å². The highest BCUT2D eigenvalue weighted by Gasteiger charge is 2.40. The third kappa shape index (κ3) is 12.3. The van der Waals surface area contributed by atoms with Crippen LogP contribution in [-0.4, -0.2) is 68.7 Å². The number of fused-ring (bicyclic) bond motifs is 5. The molecule has 290 valence electrons. The number of allylic oxidation sites excluding steroid dienone is 9.